The van der Waals surface area contributed by atoms with Gasteiger partial charge in [0.1, 0.15) is 12.2 Å². The first-order chi connectivity index (χ1) is 17.0. The Labute approximate surface area is 206 Å². The van der Waals surface area contributed by atoms with Crippen molar-refractivity contribution in [3.8, 4) is 12.3 Å². The lowest BCUT2D eigenvalue weighted by atomic mass is 9.97. The smallest absolute Gasteiger partial charge is 0.386 e. The summed E-state index contributed by atoms with van der Waals surface area (Å²) in [4.78, 5) is 48.2. The molecule has 0 aromatic carbocycles. The van der Waals surface area contributed by atoms with Crippen LogP contribution in [0.2, 0.25) is 0 Å². The molecule has 1 saturated heterocycles. The van der Waals surface area contributed by atoms with Gasteiger partial charge in [-0.2, -0.15) is 18.6 Å². The summed E-state index contributed by atoms with van der Waals surface area (Å²) < 4.78 is 68.0. The molecule has 6 atom stereocenters. The van der Waals surface area contributed by atoms with E-state index in [9.17, 15) is 28.6 Å². The number of phosphoric ester groups is 1. The molecule has 2 fully saturated rings. The maximum Gasteiger partial charge on any atom is 0.490 e. The van der Waals surface area contributed by atoms with Crippen LogP contribution >= 0.6 is 23.5 Å². The predicted octanol–water partition coefficient (Wildman–Crippen LogP) is -0.0741. The van der Waals surface area contributed by atoms with Crippen LogP contribution < -0.4 is 11.1 Å². The molecule has 3 heterocycles. The zero-order valence-electron chi connectivity index (χ0n) is 18.3. The van der Waals surface area contributed by atoms with Crippen LogP contribution in [-0.2, 0) is 31.6 Å². The number of hydrogen-bond donors (Lipinski definition) is 7. The lowest BCUT2D eigenvalue weighted by Crippen LogP contribution is -2.42. The number of nitrogens with one attached hydrogen (secondary N) is 1. The average molecular weight is 588 g/mol. The number of fused-ring (bicyclic) bond motifs is 1. The zero-order valence-corrected chi connectivity index (χ0v) is 20.9. The van der Waals surface area contributed by atoms with Crippen LogP contribution in [-0.4, -0.2) is 74.7 Å². The van der Waals surface area contributed by atoms with Gasteiger partial charge in [-0.15, -0.1) is 6.42 Å². The van der Waals surface area contributed by atoms with E-state index in [4.69, 9.17) is 26.7 Å². The molecule has 2 aromatic heterocycles. The highest BCUT2D eigenvalue weighted by molar-refractivity contribution is 7.66. The summed E-state index contributed by atoms with van der Waals surface area (Å²) in [5.74, 6) is 1.85. The molecule has 1 aliphatic heterocycles. The monoisotopic (exact) mass is 588 g/mol. The second-order valence-electron chi connectivity index (χ2n) is 7.94. The van der Waals surface area contributed by atoms with Crippen molar-refractivity contribution in [3.63, 3.8) is 0 Å². The van der Waals surface area contributed by atoms with E-state index < -0.39 is 54.2 Å². The van der Waals surface area contributed by atoms with Gasteiger partial charge in [-0.25, -0.2) is 23.1 Å². The first-order valence-corrected chi connectivity index (χ1v) is 14.6. The largest absolute Gasteiger partial charge is 0.490 e. The number of hydrogen-bond acceptors (Lipinski definition) is 13. The Morgan fingerprint density at radius 2 is 1.92 bits per heavy atom. The van der Waals surface area contributed by atoms with E-state index in [2.05, 4.69) is 33.4 Å². The number of aromatic nitrogens is 4. The van der Waals surface area contributed by atoms with Gasteiger partial charge in [0, 0.05) is 6.04 Å². The molecule has 8 N–H and O–H groups in total. The van der Waals surface area contributed by atoms with Crippen molar-refractivity contribution < 1.29 is 60.6 Å². The van der Waals surface area contributed by atoms with Crippen molar-refractivity contribution in [3.05, 3.63) is 6.33 Å². The van der Waals surface area contributed by atoms with E-state index in [1.165, 1.54) is 0 Å². The van der Waals surface area contributed by atoms with E-state index in [-0.39, 0.29) is 29.0 Å². The second kappa shape index (κ2) is 9.62. The summed E-state index contributed by atoms with van der Waals surface area (Å²) in [6.45, 7) is -1.15. The number of nitrogens with two attached hydrogens (primary N) is 1. The highest BCUT2D eigenvalue weighted by atomic mass is 31.3. The summed E-state index contributed by atoms with van der Waals surface area (Å²) in [5.41, 5.74) is 2.97. The lowest BCUT2D eigenvalue weighted by Gasteiger charge is -2.23. The number of imidazole rings is 1. The quantitative estimate of drug-likeness (QED) is 0.141. The molecular formula is C15H20FN6O12P3. The summed E-state index contributed by atoms with van der Waals surface area (Å²) >= 11 is 0. The van der Waals surface area contributed by atoms with Crippen molar-refractivity contribution in [1.29, 1.82) is 0 Å². The molecule has 1 aliphatic carbocycles. The number of terminal acetylenes is 1. The molecule has 0 amide bonds. The molecule has 4 rings (SSSR count). The minimum absolute atomic E-state index is 0.0151. The van der Waals surface area contributed by atoms with Crippen molar-refractivity contribution in [2.75, 3.05) is 17.7 Å². The number of alkyl halides is 1. The average Bonchev–Trinajstić information content (AvgIpc) is 3.40. The van der Waals surface area contributed by atoms with Crippen LogP contribution in [0.3, 0.4) is 0 Å². The Kier molecular flexibility index (Phi) is 7.27. The molecule has 0 radical (unpaired) electrons. The van der Waals surface area contributed by atoms with Crippen LogP contribution in [0.5, 0.6) is 0 Å². The highest BCUT2D eigenvalue weighted by Crippen LogP contribution is 2.66. The van der Waals surface area contributed by atoms with Crippen molar-refractivity contribution in [2.24, 2.45) is 0 Å². The number of nitrogen functional groups attached to an aromatic ring is 1. The maximum atomic E-state index is 15.8. The van der Waals surface area contributed by atoms with Crippen molar-refractivity contribution >= 4 is 46.4 Å². The van der Waals surface area contributed by atoms with Crippen molar-refractivity contribution in [1.82, 2.24) is 19.5 Å². The van der Waals surface area contributed by atoms with Gasteiger partial charge >= 0.3 is 23.5 Å². The van der Waals surface area contributed by atoms with Gasteiger partial charge in [0.15, 0.2) is 23.2 Å². The van der Waals surface area contributed by atoms with E-state index in [1.54, 1.807) is 5.92 Å². The minimum atomic E-state index is -5.79. The molecule has 2 aliphatic rings. The first kappa shape index (κ1) is 28.0. The Balaban J connectivity index is 1.55. The van der Waals surface area contributed by atoms with Gasteiger partial charge in [0.25, 0.3) is 0 Å². The SMILES string of the molecule is C#C[C@@]1(F)[C@H](O)[C@@H](COP(=O)(O)OP(=O)(O)OP(=O)(O)O)O[C@H]1n1cnc2c(NC3CC3)nc(N)nc21. The third-order valence-corrected chi connectivity index (χ3v) is 8.90. The Hall–Kier alpha value is -2.03. The number of nitrogens with zero attached hydrogens (tertiary/aromatic N) is 4. The lowest BCUT2D eigenvalue weighted by molar-refractivity contribution is -0.0495. The van der Waals surface area contributed by atoms with Crippen LogP contribution in [0.4, 0.5) is 16.2 Å². The third kappa shape index (κ3) is 6.18. The molecule has 2 aromatic rings. The zero-order chi connectivity index (χ0) is 27.4. The van der Waals surface area contributed by atoms with Gasteiger partial charge in [-0.3, -0.25) is 9.09 Å². The fourth-order valence-electron chi connectivity index (χ4n) is 3.41. The van der Waals surface area contributed by atoms with Crippen LogP contribution in [0.25, 0.3) is 11.2 Å². The minimum Gasteiger partial charge on any atom is -0.386 e. The standard InChI is InChI=1S/C15H20FN6O12P3/c1-2-15(16)10(23)8(5-31-36(27,28)34-37(29,30)33-35(24,25)26)32-13(15)22-6-18-9-11(19-7-3-4-7)20-14(17)21-12(9)22/h1,6-8,10,13,23H,3-5H2,(H,27,28)(H,29,30)(H2,24,25,26)(H3,17,19,20,21)/t8-,10-,13-,15-/m1/s1. The van der Waals surface area contributed by atoms with Crippen LogP contribution in [0.1, 0.15) is 19.1 Å². The molecular weight excluding hydrogens is 568 g/mol. The molecule has 37 heavy (non-hydrogen) atoms. The molecule has 2 unspecified atom stereocenters. The number of aliphatic hydroxyl groups is 1. The molecule has 22 heteroatoms. The fourth-order valence-corrected chi connectivity index (χ4v) is 6.44. The van der Waals surface area contributed by atoms with Gasteiger partial charge in [-0.05, 0) is 12.8 Å². The fraction of sp³-hybridized carbons (Fsp3) is 0.533. The van der Waals surface area contributed by atoms with Gasteiger partial charge < -0.3 is 40.5 Å². The number of ether oxygens (including phenoxy) is 1. The van der Waals surface area contributed by atoms with Crippen molar-refractivity contribution in [2.45, 2.75) is 43.0 Å². The highest BCUT2D eigenvalue weighted by Gasteiger charge is 2.58. The molecule has 0 bridgehead atoms. The molecule has 204 valence electrons. The number of anilines is 2. The first-order valence-electron chi connectivity index (χ1n) is 10.1. The van der Waals surface area contributed by atoms with Gasteiger partial charge in [0.2, 0.25) is 11.6 Å². The Morgan fingerprint density at radius 1 is 1.24 bits per heavy atom. The van der Waals surface area contributed by atoms with Crippen LogP contribution in [0, 0.1) is 12.3 Å². The number of phosphoric acid groups is 3. The maximum absolute atomic E-state index is 15.8. The van der Waals surface area contributed by atoms with E-state index in [1.807, 2.05) is 0 Å². The van der Waals surface area contributed by atoms with E-state index >= 15 is 4.39 Å². The van der Waals surface area contributed by atoms with Crippen LogP contribution in [0.15, 0.2) is 6.33 Å². The predicted molar refractivity (Wildman–Crippen MR) is 119 cm³/mol. The van der Waals surface area contributed by atoms with Gasteiger partial charge in [0.05, 0.1) is 12.9 Å². The van der Waals surface area contributed by atoms with E-state index in [0.29, 0.717) is 0 Å². The Morgan fingerprint density at radius 3 is 2.51 bits per heavy atom. The second-order valence-corrected chi connectivity index (χ2v) is 12.4. The Bertz CT molecular complexity index is 1390. The topological polar surface area (TPSA) is 271 Å². The summed E-state index contributed by atoms with van der Waals surface area (Å²) in [5, 5.41) is 13.6. The number of halogens is 1. The summed E-state index contributed by atoms with van der Waals surface area (Å²) in [6.07, 6.45) is 2.45. The molecule has 18 nitrogen and oxygen atoms in total. The normalized spacial score (nSPS) is 29.5. The molecule has 1 saturated carbocycles. The van der Waals surface area contributed by atoms with Gasteiger partial charge in [-0.1, -0.05) is 5.92 Å². The summed E-state index contributed by atoms with van der Waals surface area (Å²) in [7, 11) is -17.0. The third-order valence-electron chi connectivity index (χ3n) is 5.09. The number of rotatable bonds is 10. The van der Waals surface area contributed by atoms with E-state index in [0.717, 1.165) is 23.7 Å². The number of aliphatic hydroxyl groups excluding tert-OH is 1. The summed E-state index contributed by atoms with van der Waals surface area (Å²) in [6, 6.07) is 0.150. The molecule has 0 spiro atoms.